The van der Waals surface area contributed by atoms with Gasteiger partial charge in [-0.1, -0.05) is 26.2 Å². The summed E-state index contributed by atoms with van der Waals surface area (Å²) in [6.07, 6.45) is 5.33. The molecule has 0 fully saturated rings. The summed E-state index contributed by atoms with van der Waals surface area (Å²) in [6.45, 7) is 2.15. The Hall–Kier alpha value is -1.05. The normalized spacial score (nSPS) is 10.4. The van der Waals surface area contributed by atoms with Gasteiger partial charge in [0, 0.05) is 0 Å². The second-order valence-corrected chi connectivity index (χ2v) is 3.58. The van der Waals surface area contributed by atoms with Crippen LogP contribution in [0.3, 0.4) is 0 Å². The minimum atomic E-state index is -0.270. The molecule has 0 aromatic heterocycles. The van der Waals surface area contributed by atoms with Gasteiger partial charge in [0.25, 0.3) is 0 Å². The average molecular weight is 196 g/mol. The third-order valence-corrected chi connectivity index (χ3v) is 2.34. The molecule has 0 radical (unpaired) electrons. The van der Waals surface area contributed by atoms with Crippen LogP contribution < -0.4 is 0 Å². The molecule has 1 aromatic rings. The monoisotopic (exact) mass is 196 g/mol. The van der Waals surface area contributed by atoms with E-state index in [0.717, 1.165) is 24.8 Å². The van der Waals surface area contributed by atoms with E-state index in [1.54, 1.807) is 0 Å². The van der Waals surface area contributed by atoms with E-state index >= 15 is 0 Å². The lowest BCUT2D eigenvalue weighted by Gasteiger charge is -2.04. The van der Waals surface area contributed by atoms with Crippen LogP contribution in [0.15, 0.2) is 18.2 Å². The molecule has 1 aromatic carbocycles. The standard InChI is InChI=1S/C12H17FO/c1-2-3-4-5-6-10-9-11(13)7-8-12(10)14/h7-9,14H,2-6H2,1H3. The van der Waals surface area contributed by atoms with Crippen molar-refractivity contribution < 1.29 is 9.50 Å². The summed E-state index contributed by atoms with van der Waals surface area (Å²) in [4.78, 5) is 0. The molecule has 0 saturated heterocycles. The number of hydrogen-bond acceptors (Lipinski definition) is 1. The molecular formula is C12H17FO. The Morgan fingerprint density at radius 3 is 2.71 bits per heavy atom. The van der Waals surface area contributed by atoms with Crippen molar-refractivity contribution in [2.24, 2.45) is 0 Å². The molecule has 1 rings (SSSR count). The molecule has 14 heavy (non-hydrogen) atoms. The van der Waals surface area contributed by atoms with Crippen LogP contribution >= 0.6 is 0 Å². The van der Waals surface area contributed by atoms with Gasteiger partial charge in [0.05, 0.1) is 0 Å². The van der Waals surface area contributed by atoms with Crippen LogP contribution in [0, 0.1) is 5.82 Å². The van der Waals surface area contributed by atoms with Gasteiger partial charge in [0.15, 0.2) is 0 Å². The topological polar surface area (TPSA) is 20.2 Å². The van der Waals surface area contributed by atoms with Crippen LogP contribution in [-0.4, -0.2) is 5.11 Å². The smallest absolute Gasteiger partial charge is 0.123 e. The lowest BCUT2D eigenvalue weighted by molar-refractivity contribution is 0.463. The predicted molar refractivity (Wildman–Crippen MR) is 55.9 cm³/mol. The van der Waals surface area contributed by atoms with E-state index in [9.17, 15) is 9.50 Å². The number of benzene rings is 1. The van der Waals surface area contributed by atoms with Crippen molar-refractivity contribution in [3.63, 3.8) is 0 Å². The van der Waals surface area contributed by atoms with Crippen LogP contribution in [-0.2, 0) is 6.42 Å². The van der Waals surface area contributed by atoms with Crippen LogP contribution in [0.5, 0.6) is 5.75 Å². The maximum atomic E-state index is 12.8. The van der Waals surface area contributed by atoms with Gasteiger partial charge in [0.1, 0.15) is 11.6 Å². The Balaban J connectivity index is 2.45. The first-order valence-corrected chi connectivity index (χ1v) is 5.21. The number of rotatable bonds is 5. The fraction of sp³-hybridized carbons (Fsp3) is 0.500. The number of halogens is 1. The molecule has 0 heterocycles. The maximum absolute atomic E-state index is 12.8. The maximum Gasteiger partial charge on any atom is 0.123 e. The van der Waals surface area contributed by atoms with E-state index in [1.165, 1.54) is 31.0 Å². The van der Waals surface area contributed by atoms with E-state index in [2.05, 4.69) is 6.92 Å². The lowest BCUT2D eigenvalue weighted by Crippen LogP contribution is -1.88. The van der Waals surface area contributed by atoms with Crippen molar-refractivity contribution in [2.75, 3.05) is 0 Å². The quantitative estimate of drug-likeness (QED) is 0.712. The third-order valence-electron chi connectivity index (χ3n) is 2.34. The Morgan fingerprint density at radius 2 is 2.00 bits per heavy atom. The number of phenols is 1. The van der Waals surface area contributed by atoms with Crippen LogP contribution in [0.4, 0.5) is 4.39 Å². The molecule has 1 nitrogen and oxygen atoms in total. The number of unbranched alkanes of at least 4 members (excludes halogenated alkanes) is 3. The highest BCUT2D eigenvalue weighted by Crippen LogP contribution is 2.20. The Bertz CT molecular complexity index is 284. The number of aromatic hydroxyl groups is 1. The summed E-state index contributed by atoms with van der Waals surface area (Å²) in [5.41, 5.74) is 0.723. The highest BCUT2D eigenvalue weighted by molar-refractivity contribution is 5.32. The molecule has 0 aliphatic carbocycles. The van der Waals surface area contributed by atoms with Gasteiger partial charge in [-0.05, 0) is 36.6 Å². The van der Waals surface area contributed by atoms with Gasteiger partial charge >= 0.3 is 0 Å². The van der Waals surface area contributed by atoms with Crippen molar-refractivity contribution in [2.45, 2.75) is 39.0 Å². The molecule has 0 aliphatic heterocycles. The number of aryl methyl sites for hydroxylation is 1. The molecule has 0 amide bonds. The molecule has 1 N–H and O–H groups in total. The van der Waals surface area contributed by atoms with Crippen molar-refractivity contribution in [1.82, 2.24) is 0 Å². The van der Waals surface area contributed by atoms with Crippen molar-refractivity contribution in [1.29, 1.82) is 0 Å². The molecule has 0 atom stereocenters. The zero-order valence-corrected chi connectivity index (χ0v) is 8.59. The summed E-state index contributed by atoms with van der Waals surface area (Å²) < 4.78 is 12.8. The van der Waals surface area contributed by atoms with Crippen LogP contribution in [0.1, 0.15) is 38.2 Å². The average Bonchev–Trinajstić information content (AvgIpc) is 2.18. The molecule has 2 heteroatoms. The van der Waals surface area contributed by atoms with E-state index < -0.39 is 0 Å². The van der Waals surface area contributed by atoms with Crippen LogP contribution in [0.25, 0.3) is 0 Å². The summed E-state index contributed by atoms with van der Waals surface area (Å²) in [5.74, 6) is -0.0591. The number of phenolic OH excluding ortho intramolecular Hbond substituents is 1. The zero-order valence-electron chi connectivity index (χ0n) is 8.59. The highest BCUT2D eigenvalue weighted by atomic mass is 19.1. The molecule has 0 unspecified atom stereocenters. The van der Waals surface area contributed by atoms with Gasteiger partial charge in [-0.15, -0.1) is 0 Å². The SMILES string of the molecule is CCCCCCc1cc(F)ccc1O. The van der Waals surface area contributed by atoms with Crippen molar-refractivity contribution >= 4 is 0 Å². The molecule has 0 spiro atoms. The van der Waals surface area contributed by atoms with E-state index in [4.69, 9.17) is 0 Å². The highest BCUT2D eigenvalue weighted by Gasteiger charge is 2.02. The first kappa shape index (κ1) is 11.0. The Labute approximate surface area is 84.6 Å². The second kappa shape index (κ2) is 5.63. The first-order chi connectivity index (χ1) is 6.74. The van der Waals surface area contributed by atoms with Crippen molar-refractivity contribution in [3.8, 4) is 5.75 Å². The van der Waals surface area contributed by atoms with Gasteiger partial charge in [-0.2, -0.15) is 0 Å². The molecule has 0 bridgehead atoms. The van der Waals surface area contributed by atoms with Gasteiger partial charge in [-0.3, -0.25) is 0 Å². The Morgan fingerprint density at radius 1 is 1.21 bits per heavy atom. The van der Waals surface area contributed by atoms with Crippen LogP contribution in [0.2, 0.25) is 0 Å². The largest absolute Gasteiger partial charge is 0.508 e. The summed E-state index contributed by atoms with van der Waals surface area (Å²) in [7, 11) is 0. The predicted octanol–water partition coefficient (Wildman–Crippen LogP) is 3.65. The summed E-state index contributed by atoms with van der Waals surface area (Å²) >= 11 is 0. The minimum Gasteiger partial charge on any atom is -0.508 e. The number of hydrogen-bond donors (Lipinski definition) is 1. The molecule has 78 valence electrons. The van der Waals surface area contributed by atoms with Crippen molar-refractivity contribution in [3.05, 3.63) is 29.6 Å². The summed E-state index contributed by atoms with van der Waals surface area (Å²) in [6, 6.07) is 4.12. The van der Waals surface area contributed by atoms with Gasteiger partial charge in [0.2, 0.25) is 0 Å². The van der Waals surface area contributed by atoms with Gasteiger partial charge < -0.3 is 5.11 Å². The minimum absolute atomic E-state index is 0.211. The van der Waals surface area contributed by atoms with E-state index in [-0.39, 0.29) is 11.6 Å². The van der Waals surface area contributed by atoms with E-state index in [0.29, 0.717) is 0 Å². The summed E-state index contributed by atoms with van der Waals surface area (Å²) in [5, 5.41) is 9.42. The molecular weight excluding hydrogens is 179 g/mol. The Kier molecular flexibility index (Phi) is 4.44. The lowest BCUT2D eigenvalue weighted by atomic mass is 10.1. The molecule has 0 aliphatic rings. The second-order valence-electron chi connectivity index (χ2n) is 3.58. The fourth-order valence-corrected chi connectivity index (χ4v) is 1.50. The van der Waals surface area contributed by atoms with Gasteiger partial charge in [-0.25, -0.2) is 4.39 Å². The zero-order chi connectivity index (χ0) is 10.4. The fourth-order valence-electron chi connectivity index (χ4n) is 1.50. The third kappa shape index (κ3) is 3.36. The first-order valence-electron chi connectivity index (χ1n) is 5.21. The van der Waals surface area contributed by atoms with E-state index in [1.807, 2.05) is 0 Å². The molecule has 0 saturated carbocycles.